The number of carbonyl (C=O) groups is 1. The van der Waals surface area contributed by atoms with Crippen molar-refractivity contribution < 1.29 is 4.79 Å². The standard InChI is InChI=1S/C23H30N4O/c1-7-9-20(24-8-2)15-25-22(28)21-14-18(16-27(21)6)17-10-12-19(13-11-17)26-23(3,4)5/h7-14,16,26H,2,15H2,1,3-6H3,(H,25,28)/b9-7-,24-20?. The van der Waals surface area contributed by atoms with E-state index in [4.69, 9.17) is 0 Å². The molecule has 0 saturated heterocycles. The van der Waals surface area contributed by atoms with Crippen molar-refractivity contribution in [3.05, 3.63) is 67.2 Å². The zero-order valence-corrected chi connectivity index (χ0v) is 17.4. The summed E-state index contributed by atoms with van der Waals surface area (Å²) in [5.74, 6) is -0.138. The van der Waals surface area contributed by atoms with Crippen molar-refractivity contribution in [2.24, 2.45) is 12.0 Å². The van der Waals surface area contributed by atoms with Gasteiger partial charge in [0.2, 0.25) is 0 Å². The van der Waals surface area contributed by atoms with Gasteiger partial charge < -0.3 is 15.2 Å². The third kappa shape index (κ3) is 5.98. The summed E-state index contributed by atoms with van der Waals surface area (Å²) >= 11 is 0. The lowest BCUT2D eigenvalue weighted by atomic mass is 10.1. The molecule has 1 amide bonds. The zero-order valence-electron chi connectivity index (χ0n) is 17.4. The third-order valence-corrected chi connectivity index (χ3v) is 4.02. The fraction of sp³-hybridized carbons (Fsp3) is 0.304. The number of nitrogens with one attached hydrogen (secondary N) is 2. The SMILES string of the molecule is C=CN=C(/C=C\C)CNC(=O)c1cc(-c2ccc(NC(C)(C)C)cc2)cn1C. The highest BCUT2D eigenvalue weighted by Crippen LogP contribution is 2.24. The van der Waals surface area contributed by atoms with Gasteiger partial charge >= 0.3 is 0 Å². The minimum absolute atomic E-state index is 0.0141. The number of aryl methyl sites for hydroxylation is 1. The number of rotatable bonds is 7. The van der Waals surface area contributed by atoms with Crippen LogP contribution in [-0.4, -0.2) is 28.3 Å². The Morgan fingerprint density at radius 1 is 1.21 bits per heavy atom. The summed E-state index contributed by atoms with van der Waals surface area (Å²) in [4.78, 5) is 16.7. The second kappa shape index (κ2) is 9.22. The van der Waals surface area contributed by atoms with Crippen LogP contribution in [0.15, 0.2) is 66.5 Å². The van der Waals surface area contributed by atoms with E-state index >= 15 is 0 Å². The van der Waals surface area contributed by atoms with Gasteiger partial charge in [0.1, 0.15) is 5.69 Å². The van der Waals surface area contributed by atoms with Crippen LogP contribution in [0, 0.1) is 0 Å². The first-order chi connectivity index (χ1) is 13.2. The van der Waals surface area contributed by atoms with E-state index in [9.17, 15) is 4.79 Å². The van der Waals surface area contributed by atoms with Crippen LogP contribution in [-0.2, 0) is 7.05 Å². The number of hydrogen-bond donors (Lipinski definition) is 2. The first-order valence-corrected chi connectivity index (χ1v) is 9.37. The van der Waals surface area contributed by atoms with Crippen LogP contribution in [0.3, 0.4) is 0 Å². The second-order valence-corrected chi connectivity index (χ2v) is 7.66. The molecular weight excluding hydrogens is 348 g/mol. The Morgan fingerprint density at radius 3 is 2.46 bits per heavy atom. The number of benzene rings is 1. The fourth-order valence-corrected chi connectivity index (χ4v) is 2.85. The summed E-state index contributed by atoms with van der Waals surface area (Å²) in [6.45, 7) is 12.2. The summed E-state index contributed by atoms with van der Waals surface area (Å²) < 4.78 is 1.84. The summed E-state index contributed by atoms with van der Waals surface area (Å²) in [7, 11) is 1.87. The number of hydrogen-bond acceptors (Lipinski definition) is 3. The zero-order chi connectivity index (χ0) is 20.7. The van der Waals surface area contributed by atoms with Gasteiger partial charge in [-0.3, -0.25) is 9.79 Å². The highest BCUT2D eigenvalue weighted by Gasteiger charge is 2.14. The molecule has 0 saturated carbocycles. The van der Waals surface area contributed by atoms with Gasteiger partial charge in [0, 0.05) is 36.2 Å². The molecular formula is C23H30N4O. The largest absolute Gasteiger partial charge is 0.380 e. The van der Waals surface area contributed by atoms with Gasteiger partial charge in [-0.05, 0) is 57.5 Å². The van der Waals surface area contributed by atoms with E-state index in [2.05, 4.69) is 67.2 Å². The molecule has 5 heteroatoms. The quantitative estimate of drug-likeness (QED) is 0.680. The van der Waals surface area contributed by atoms with Crippen molar-refractivity contribution in [3.8, 4) is 11.1 Å². The maximum atomic E-state index is 12.6. The molecule has 148 valence electrons. The van der Waals surface area contributed by atoms with E-state index in [0.717, 1.165) is 22.5 Å². The lowest BCUT2D eigenvalue weighted by Gasteiger charge is -2.22. The summed E-state index contributed by atoms with van der Waals surface area (Å²) in [6, 6.07) is 10.1. The monoisotopic (exact) mass is 378 g/mol. The number of anilines is 1. The molecule has 0 atom stereocenters. The molecule has 5 nitrogen and oxygen atoms in total. The molecule has 2 rings (SSSR count). The molecule has 0 aliphatic rings. The summed E-state index contributed by atoms with van der Waals surface area (Å²) in [5.41, 5.74) is 4.51. The van der Waals surface area contributed by atoms with Gasteiger partial charge in [-0.1, -0.05) is 24.8 Å². The lowest BCUT2D eigenvalue weighted by molar-refractivity contribution is 0.0951. The van der Waals surface area contributed by atoms with Gasteiger partial charge in [-0.25, -0.2) is 0 Å². The molecule has 2 aromatic rings. The van der Waals surface area contributed by atoms with E-state index in [-0.39, 0.29) is 11.4 Å². The van der Waals surface area contributed by atoms with Crippen LogP contribution < -0.4 is 10.6 Å². The molecule has 0 fully saturated rings. The summed E-state index contributed by atoms with van der Waals surface area (Å²) in [5, 5.41) is 6.36. The van der Waals surface area contributed by atoms with Crippen molar-refractivity contribution in [2.75, 3.05) is 11.9 Å². The van der Waals surface area contributed by atoms with E-state index < -0.39 is 0 Å². The van der Waals surface area contributed by atoms with E-state index in [1.54, 1.807) is 0 Å². The number of amides is 1. The molecule has 0 aliphatic carbocycles. The first-order valence-electron chi connectivity index (χ1n) is 9.37. The molecule has 28 heavy (non-hydrogen) atoms. The predicted molar refractivity (Wildman–Crippen MR) is 119 cm³/mol. The van der Waals surface area contributed by atoms with Crippen LogP contribution in [0.1, 0.15) is 38.2 Å². The Labute approximate surface area is 167 Å². The van der Waals surface area contributed by atoms with E-state index in [1.165, 1.54) is 6.20 Å². The number of aliphatic imine (C=N–C) groups is 1. The highest BCUT2D eigenvalue weighted by atomic mass is 16.1. The molecule has 0 aliphatic heterocycles. The smallest absolute Gasteiger partial charge is 0.268 e. The molecule has 2 N–H and O–H groups in total. The van der Waals surface area contributed by atoms with Crippen LogP contribution in [0.2, 0.25) is 0 Å². The minimum atomic E-state index is -0.138. The molecule has 1 aromatic carbocycles. The van der Waals surface area contributed by atoms with Crippen molar-refractivity contribution in [2.45, 2.75) is 33.2 Å². The second-order valence-electron chi connectivity index (χ2n) is 7.66. The van der Waals surface area contributed by atoms with E-state index in [0.29, 0.717) is 12.2 Å². The number of nitrogens with zero attached hydrogens (tertiary/aromatic N) is 2. The normalized spacial score (nSPS) is 12.2. The van der Waals surface area contributed by atoms with Crippen LogP contribution in [0.5, 0.6) is 0 Å². The summed E-state index contributed by atoms with van der Waals surface area (Å²) in [6.07, 6.45) is 7.17. The Morgan fingerprint density at radius 2 is 1.89 bits per heavy atom. The van der Waals surface area contributed by atoms with Crippen molar-refractivity contribution in [1.29, 1.82) is 0 Å². The molecule has 0 spiro atoms. The van der Waals surface area contributed by atoms with Crippen molar-refractivity contribution in [1.82, 2.24) is 9.88 Å². The number of carbonyl (C=O) groups excluding carboxylic acids is 1. The van der Waals surface area contributed by atoms with Crippen molar-refractivity contribution >= 4 is 17.3 Å². The van der Waals surface area contributed by atoms with Gasteiger partial charge in [0.05, 0.1) is 12.3 Å². The highest BCUT2D eigenvalue weighted by molar-refractivity contribution is 6.01. The average Bonchev–Trinajstić information content (AvgIpc) is 3.01. The number of aromatic nitrogens is 1. The Hall–Kier alpha value is -3.08. The van der Waals surface area contributed by atoms with Crippen LogP contribution in [0.4, 0.5) is 5.69 Å². The molecule has 0 bridgehead atoms. The topological polar surface area (TPSA) is 58.4 Å². The van der Waals surface area contributed by atoms with Gasteiger partial charge in [-0.2, -0.15) is 0 Å². The number of allylic oxidation sites excluding steroid dienone is 1. The van der Waals surface area contributed by atoms with Gasteiger partial charge in [0.15, 0.2) is 0 Å². The molecule has 0 unspecified atom stereocenters. The first kappa shape index (κ1) is 21.2. The van der Waals surface area contributed by atoms with Crippen molar-refractivity contribution in [3.63, 3.8) is 0 Å². The average molecular weight is 379 g/mol. The molecule has 1 aromatic heterocycles. The van der Waals surface area contributed by atoms with E-state index in [1.807, 2.05) is 43.0 Å². The Bertz CT molecular complexity index is 880. The maximum absolute atomic E-state index is 12.6. The Kier molecular flexibility index (Phi) is 6.99. The maximum Gasteiger partial charge on any atom is 0.268 e. The van der Waals surface area contributed by atoms with Gasteiger partial charge in [-0.15, -0.1) is 0 Å². The third-order valence-electron chi connectivity index (χ3n) is 4.02. The van der Waals surface area contributed by atoms with Crippen LogP contribution in [0.25, 0.3) is 11.1 Å². The Balaban J connectivity index is 2.13. The van der Waals surface area contributed by atoms with Crippen LogP contribution >= 0.6 is 0 Å². The van der Waals surface area contributed by atoms with Gasteiger partial charge in [0.25, 0.3) is 5.91 Å². The minimum Gasteiger partial charge on any atom is -0.380 e. The predicted octanol–water partition coefficient (Wildman–Crippen LogP) is 4.79. The fourth-order valence-electron chi connectivity index (χ4n) is 2.85. The molecule has 1 heterocycles. The lowest BCUT2D eigenvalue weighted by Crippen LogP contribution is -2.30. The molecule has 0 radical (unpaired) electrons.